The largest absolute Gasteiger partial charge is 0.312 e. The van der Waals surface area contributed by atoms with E-state index in [0.29, 0.717) is 6.42 Å². The van der Waals surface area contributed by atoms with E-state index in [1.807, 2.05) is 41.5 Å². The van der Waals surface area contributed by atoms with Gasteiger partial charge in [-0.15, -0.1) is 23.2 Å². The van der Waals surface area contributed by atoms with Crippen LogP contribution in [-0.4, -0.2) is 10.00 Å². The van der Waals surface area contributed by atoms with Crippen molar-refractivity contribution in [3.8, 4) is 0 Å². The minimum Gasteiger partial charge on any atom is -0.312 e. The van der Waals surface area contributed by atoms with Crippen LogP contribution < -0.4 is 11.5 Å². The molecule has 0 amide bonds. The molecule has 2 atom stereocenters. The monoisotopic (exact) mass is 254 g/mol. The van der Waals surface area contributed by atoms with Gasteiger partial charge < -0.3 is 11.5 Å². The molecular weight excluding hydrogens is 231 g/mol. The molecule has 0 aromatic heterocycles. The third-order valence-corrected chi connectivity index (χ3v) is 4.41. The molecule has 0 aliphatic carbocycles. The molecule has 4 heteroatoms. The zero-order valence-electron chi connectivity index (χ0n) is 10.6. The van der Waals surface area contributed by atoms with E-state index < -0.39 is 10.00 Å². The van der Waals surface area contributed by atoms with Gasteiger partial charge in [-0.3, -0.25) is 0 Å². The van der Waals surface area contributed by atoms with Gasteiger partial charge in [0.2, 0.25) is 0 Å². The predicted molar refractivity (Wildman–Crippen MR) is 69.1 cm³/mol. The minimum absolute atomic E-state index is 0.251. The molecule has 0 heterocycles. The summed E-state index contributed by atoms with van der Waals surface area (Å²) < 4.78 is 0. The van der Waals surface area contributed by atoms with E-state index in [1.54, 1.807) is 0 Å². The lowest BCUT2D eigenvalue weighted by atomic mass is 9.76. The average molecular weight is 255 g/mol. The highest BCUT2D eigenvalue weighted by Crippen LogP contribution is 2.44. The molecule has 2 unspecified atom stereocenters. The summed E-state index contributed by atoms with van der Waals surface area (Å²) in [6.07, 6.45) is 0.357. The molecule has 0 aliphatic rings. The summed E-state index contributed by atoms with van der Waals surface area (Å²) in [7, 11) is 0. The molecule has 92 valence electrons. The van der Waals surface area contributed by atoms with Crippen molar-refractivity contribution in [1.29, 1.82) is 0 Å². The van der Waals surface area contributed by atoms with Gasteiger partial charge in [0.1, 0.15) is 0 Å². The Bertz CT molecular complexity index is 198. The molecule has 0 rings (SSSR count). The van der Waals surface area contributed by atoms with E-state index in [1.165, 1.54) is 0 Å². The smallest absolute Gasteiger partial charge is 0.0989 e. The highest BCUT2D eigenvalue weighted by atomic mass is 35.5. The predicted octanol–water partition coefficient (Wildman–Crippen LogP) is 3.26. The van der Waals surface area contributed by atoms with E-state index in [9.17, 15) is 0 Å². The van der Waals surface area contributed by atoms with Crippen molar-refractivity contribution < 1.29 is 0 Å². The summed E-state index contributed by atoms with van der Waals surface area (Å²) in [5, 5.41) is 0. The summed E-state index contributed by atoms with van der Waals surface area (Å²) in [5.74, 6) is 0. The molecule has 0 saturated heterocycles. The molecule has 0 radical (unpaired) electrons. The molecule has 0 fully saturated rings. The third-order valence-electron chi connectivity index (χ3n) is 3.01. The maximum atomic E-state index is 6.32. The van der Waals surface area contributed by atoms with Crippen LogP contribution >= 0.6 is 23.2 Å². The van der Waals surface area contributed by atoms with Crippen LogP contribution in [0.3, 0.4) is 0 Å². The van der Waals surface area contributed by atoms with Crippen molar-refractivity contribution in [3.63, 3.8) is 0 Å². The van der Waals surface area contributed by atoms with E-state index in [0.717, 1.165) is 0 Å². The fourth-order valence-corrected chi connectivity index (χ4v) is 1.39. The number of hydrogen-bond donors (Lipinski definition) is 2. The second kappa shape index (κ2) is 4.06. The van der Waals surface area contributed by atoms with Crippen molar-refractivity contribution in [3.05, 3.63) is 0 Å². The second-order valence-electron chi connectivity index (χ2n) is 6.40. The molecule has 4 N–H and O–H groups in total. The molecule has 0 bridgehead atoms. The molecule has 2 nitrogen and oxygen atoms in total. The van der Waals surface area contributed by atoms with Gasteiger partial charge in [0.25, 0.3) is 0 Å². The van der Waals surface area contributed by atoms with Gasteiger partial charge in [0.15, 0.2) is 0 Å². The highest BCUT2D eigenvalue weighted by molar-refractivity contribution is 6.27. The summed E-state index contributed by atoms with van der Waals surface area (Å²) in [4.78, 5) is -1.81. The fraction of sp³-hybridized carbons (Fsp3) is 1.00. The van der Waals surface area contributed by atoms with Crippen molar-refractivity contribution in [1.82, 2.24) is 0 Å². The Hall–Kier alpha value is 0.500. The van der Waals surface area contributed by atoms with Crippen molar-refractivity contribution in [2.45, 2.75) is 58.0 Å². The van der Waals surface area contributed by atoms with Crippen LogP contribution in [0.5, 0.6) is 0 Å². The Balaban J connectivity index is 4.89. The number of alkyl halides is 2. The SMILES string of the molecule is CC(C)(C)C(N)(Cl)CC(N)(Cl)C(C)(C)C. The number of rotatable bonds is 2. The lowest BCUT2D eigenvalue weighted by Gasteiger charge is -2.45. The first-order valence-electron chi connectivity index (χ1n) is 5.16. The molecule has 15 heavy (non-hydrogen) atoms. The standard InChI is InChI=1S/C11H24Cl2N2/c1-8(2,3)10(12,14)7-11(13,15)9(4,5)6/h7,14-15H2,1-6H3. The Kier molecular flexibility index (Phi) is 4.20. The van der Waals surface area contributed by atoms with Crippen LogP contribution in [0.25, 0.3) is 0 Å². The quantitative estimate of drug-likeness (QED) is 0.587. The van der Waals surface area contributed by atoms with Crippen LogP contribution in [0.1, 0.15) is 48.0 Å². The van der Waals surface area contributed by atoms with Gasteiger partial charge in [0, 0.05) is 6.42 Å². The Morgan fingerprint density at radius 3 is 1.07 bits per heavy atom. The van der Waals surface area contributed by atoms with Gasteiger partial charge in [-0.2, -0.15) is 0 Å². The van der Waals surface area contributed by atoms with Crippen LogP contribution in [0.15, 0.2) is 0 Å². The number of nitrogens with two attached hydrogens (primary N) is 2. The topological polar surface area (TPSA) is 52.0 Å². The van der Waals surface area contributed by atoms with Crippen LogP contribution in [-0.2, 0) is 0 Å². The molecule has 0 aromatic rings. The van der Waals surface area contributed by atoms with E-state index >= 15 is 0 Å². The zero-order chi connectivity index (χ0) is 12.7. The third kappa shape index (κ3) is 3.77. The average Bonchev–Trinajstić information content (AvgIpc) is 1.77. The second-order valence-corrected chi connectivity index (χ2v) is 7.75. The van der Waals surface area contributed by atoms with E-state index in [4.69, 9.17) is 34.7 Å². The van der Waals surface area contributed by atoms with Crippen LogP contribution in [0, 0.1) is 10.8 Å². The normalized spacial score (nSPS) is 22.0. The van der Waals surface area contributed by atoms with E-state index in [-0.39, 0.29) is 10.8 Å². The van der Waals surface area contributed by atoms with Gasteiger partial charge in [-0.05, 0) is 10.8 Å². The molecule has 0 aliphatic heterocycles. The first kappa shape index (κ1) is 15.5. The Morgan fingerprint density at radius 2 is 0.933 bits per heavy atom. The van der Waals surface area contributed by atoms with Gasteiger partial charge in [-0.1, -0.05) is 41.5 Å². The Morgan fingerprint density at radius 1 is 0.733 bits per heavy atom. The van der Waals surface area contributed by atoms with Crippen LogP contribution in [0.2, 0.25) is 0 Å². The fourth-order valence-electron chi connectivity index (χ4n) is 0.905. The number of halogens is 2. The van der Waals surface area contributed by atoms with Crippen molar-refractivity contribution in [2.75, 3.05) is 0 Å². The summed E-state index contributed by atoms with van der Waals surface area (Å²) in [6.45, 7) is 11.9. The molecular formula is C11H24Cl2N2. The maximum Gasteiger partial charge on any atom is 0.0989 e. The number of hydrogen-bond acceptors (Lipinski definition) is 2. The summed E-state index contributed by atoms with van der Waals surface area (Å²) in [5.41, 5.74) is 11.7. The maximum absolute atomic E-state index is 6.32. The summed E-state index contributed by atoms with van der Waals surface area (Å²) in [6, 6.07) is 0. The van der Waals surface area contributed by atoms with Crippen LogP contribution in [0.4, 0.5) is 0 Å². The molecule has 0 saturated carbocycles. The van der Waals surface area contributed by atoms with Gasteiger partial charge in [-0.25, -0.2) is 0 Å². The van der Waals surface area contributed by atoms with Gasteiger partial charge >= 0.3 is 0 Å². The first-order chi connectivity index (χ1) is 6.21. The lowest BCUT2D eigenvalue weighted by molar-refractivity contribution is 0.179. The highest BCUT2D eigenvalue weighted by Gasteiger charge is 2.47. The lowest BCUT2D eigenvalue weighted by Crippen LogP contribution is -2.57. The zero-order valence-corrected chi connectivity index (χ0v) is 12.1. The van der Waals surface area contributed by atoms with Crippen molar-refractivity contribution >= 4 is 23.2 Å². The molecule has 0 aromatic carbocycles. The first-order valence-corrected chi connectivity index (χ1v) is 5.92. The minimum atomic E-state index is -0.906. The van der Waals surface area contributed by atoms with Gasteiger partial charge in [0.05, 0.1) is 10.00 Å². The Labute approximate surface area is 104 Å². The van der Waals surface area contributed by atoms with E-state index in [2.05, 4.69) is 0 Å². The summed E-state index contributed by atoms with van der Waals surface area (Å²) >= 11 is 12.6. The molecule has 0 spiro atoms. The van der Waals surface area contributed by atoms with Crippen molar-refractivity contribution in [2.24, 2.45) is 22.3 Å².